The lowest BCUT2D eigenvalue weighted by Crippen LogP contribution is -2.42. The van der Waals surface area contributed by atoms with E-state index in [4.69, 9.17) is 16.3 Å². The Kier molecular flexibility index (Phi) is 6.11. The van der Waals surface area contributed by atoms with Gasteiger partial charge < -0.3 is 15.0 Å². The number of nitro groups is 1. The second kappa shape index (κ2) is 7.91. The maximum Gasteiger partial charge on any atom is 0.410 e. The van der Waals surface area contributed by atoms with Gasteiger partial charge >= 0.3 is 6.09 Å². The fraction of sp³-hybridized carbons (Fsp3) is 0.588. The van der Waals surface area contributed by atoms with Crippen LogP contribution in [0.25, 0.3) is 0 Å². The molecule has 1 aliphatic rings. The molecule has 0 atom stereocenters. The average molecular weight is 370 g/mol. The van der Waals surface area contributed by atoms with Gasteiger partial charge in [0.2, 0.25) is 0 Å². The predicted octanol–water partition coefficient (Wildman–Crippen LogP) is 4.31. The fourth-order valence-electron chi connectivity index (χ4n) is 2.67. The number of nitrogens with one attached hydrogen (secondary N) is 1. The summed E-state index contributed by atoms with van der Waals surface area (Å²) in [6.07, 6.45) is 1.50. The molecule has 138 valence electrons. The number of hydrogen-bond donors (Lipinski definition) is 1. The third-order valence-electron chi connectivity index (χ3n) is 4.01. The maximum absolute atomic E-state index is 12.0. The van der Waals surface area contributed by atoms with Crippen LogP contribution in [-0.4, -0.2) is 41.2 Å². The Hall–Kier alpha value is -2.02. The van der Waals surface area contributed by atoms with Crippen LogP contribution in [0.5, 0.6) is 0 Å². The molecule has 1 fully saturated rings. The number of carbonyl (C=O) groups is 1. The van der Waals surface area contributed by atoms with Gasteiger partial charge in [-0.3, -0.25) is 10.1 Å². The number of carbonyl (C=O) groups excluding carboxylic acids is 1. The zero-order chi connectivity index (χ0) is 18.6. The maximum atomic E-state index is 12.0. The summed E-state index contributed by atoms with van der Waals surface area (Å²) in [5.74, 6) is 0.424. The summed E-state index contributed by atoms with van der Waals surface area (Å²) in [6.45, 7) is 7.64. The largest absolute Gasteiger partial charge is 0.444 e. The highest BCUT2D eigenvalue weighted by Gasteiger charge is 2.26. The molecule has 0 aliphatic carbocycles. The van der Waals surface area contributed by atoms with Gasteiger partial charge in [-0.1, -0.05) is 11.6 Å². The Morgan fingerprint density at radius 3 is 2.56 bits per heavy atom. The van der Waals surface area contributed by atoms with E-state index >= 15 is 0 Å². The molecule has 1 amide bonds. The number of nitro benzene ring substituents is 1. The lowest BCUT2D eigenvalue weighted by atomic mass is 9.97. The Bertz CT molecular complexity index is 637. The van der Waals surface area contributed by atoms with Crippen LogP contribution in [0.15, 0.2) is 18.2 Å². The number of anilines is 1. The van der Waals surface area contributed by atoms with Crippen molar-refractivity contribution in [1.82, 2.24) is 4.90 Å². The molecule has 1 aromatic rings. The normalized spacial score (nSPS) is 15.8. The molecule has 2 rings (SSSR count). The lowest BCUT2D eigenvalue weighted by Gasteiger charge is -2.33. The van der Waals surface area contributed by atoms with E-state index in [1.54, 1.807) is 17.0 Å². The molecule has 1 saturated heterocycles. The van der Waals surface area contributed by atoms with E-state index in [0.717, 1.165) is 25.1 Å². The number of benzene rings is 1. The third kappa shape index (κ3) is 5.77. The highest BCUT2D eigenvalue weighted by Crippen LogP contribution is 2.28. The highest BCUT2D eigenvalue weighted by atomic mass is 35.5. The van der Waals surface area contributed by atoms with E-state index in [9.17, 15) is 14.9 Å². The molecule has 0 aromatic heterocycles. The Balaban J connectivity index is 1.80. The molecular weight excluding hydrogens is 346 g/mol. The molecule has 25 heavy (non-hydrogen) atoms. The van der Waals surface area contributed by atoms with Crippen molar-refractivity contribution in [3.63, 3.8) is 0 Å². The van der Waals surface area contributed by atoms with Crippen molar-refractivity contribution in [3.8, 4) is 0 Å². The van der Waals surface area contributed by atoms with Crippen molar-refractivity contribution in [2.75, 3.05) is 25.0 Å². The molecule has 0 unspecified atom stereocenters. The molecule has 0 saturated carbocycles. The van der Waals surface area contributed by atoms with Crippen LogP contribution in [0.3, 0.4) is 0 Å². The number of rotatable bonds is 4. The van der Waals surface area contributed by atoms with Gasteiger partial charge in [0.1, 0.15) is 10.6 Å². The first-order chi connectivity index (χ1) is 11.7. The second-order valence-electron chi connectivity index (χ2n) is 7.21. The van der Waals surface area contributed by atoms with Crippen LogP contribution in [0.2, 0.25) is 5.02 Å². The van der Waals surface area contributed by atoms with Crippen LogP contribution in [0.4, 0.5) is 16.2 Å². The summed E-state index contributed by atoms with van der Waals surface area (Å²) < 4.78 is 5.39. The van der Waals surface area contributed by atoms with Crippen molar-refractivity contribution in [2.45, 2.75) is 39.2 Å². The third-order valence-corrected chi connectivity index (χ3v) is 4.31. The summed E-state index contributed by atoms with van der Waals surface area (Å²) in [5, 5.41) is 14.2. The molecule has 1 heterocycles. The minimum atomic E-state index is -0.501. The Morgan fingerprint density at radius 1 is 1.40 bits per heavy atom. The van der Waals surface area contributed by atoms with E-state index in [1.165, 1.54) is 6.07 Å². The molecule has 8 heteroatoms. The van der Waals surface area contributed by atoms with Crippen molar-refractivity contribution < 1.29 is 14.5 Å². The van der Waals surface area contributed by atoms with Crippen LogP contribution in [-0.2, 0) is 4.74 Å². The number of piperidine rings is 1. The van der Waals surface area contributed by atoms with Crippen molar-refractivity contribution in [1.29, 1.82) is 0 Å². The van der Waals surface area contributed by atoms with Gasteiger partial charge in [0.15, 0.2) is 0 Å². The van der Waals surface area contributed by atoms with Crippen LogP contribution in [0.1, 0.15) is 33.6 Å². The van der Waals surface area contributed by atoms with E-state index in [2.05, 4.69) is 5.32 Å². The highest BCUT2D eigenvalue weighted by molar-refractivity contribution is 6.32. The second-order valence-corrected chi connectivity index (χ2v) is 7.62. The first kappa shape index (κ1) is 19.3. The first-order valence-corrected chi connectivity index (χ1v) is 8.69. The standard InChI is InChI=1S/C17H24ClN3O4/c1-17(2,3)25-16(22)20-8-6-12(7-9-20)11-19-13-4-5-15(21(23)24)14(18)10-13/h4-5,10,12,19H,6-9,11H2,1-3H3. The number of amides is 1. The van der Waals surface area contributed by atoms with E-state index in [0.29, 0.717) is 19.0 Å². The van der Waals surface area contributed by atoms with Crippen molar-refractivity contribution in [2.24, 2.45) is 5.92 Å². The zero-order valence-corrected chi connectivity index (χ0v) is 15.5. The summed E-state index contributed by atoms with van der Waals surface area (Å²) in [5.41, 5.74) is 0.174. The number of likely N-dealkylation sites (tertiary alicyclic amines) is 1. The Morgan fingerprint density at radius 2 is 2.04 bits per heavy atom. The molecule has 1 aromatic carbocycles. The van der Waals surface area contributed by atoms with Gasteiger partial charge in [0.05, 0.1) is 4.92 Å². The minimum Gasteiger partial charge on any atom is -0.444 e. The van der Waals surface area contributed by atoms with E-state index in [-0.39, 0.29) is 16.8 Å². The van der Waals surface area contributed by atoms with Gasteiger partial charge in [0, 0.05) is 31.4 Å². The molecule has 1 aliphatic heterocycles. The molecular formula is C17H24ClN3O4. The van der Waals surface area contributed by atoms with Gasteiger partial charge in [-0.15, -0.1) is 0 Å². The quantitative estimate of drug-likeness (QED) is 0.631. The molecule has 7 nitrogen and oxygen atoms in total. The molecule has 0 radical (unpaired) electrons. The average Bonchev–Trinajstić information content (AvgIpc) is 2.51. The van der Waals surface area contributed by atoms with E-state index in [1.807, 2.05) is 20.8 Å². The Labute approximate surface area is 152 Å². The van der Waals surface area contributed by atoms with Gasteiger partial charge in [-0.25, -0.2) is 4.79 Å². The van der Waals surface area contributed by atoms with E-state index < -0.39 is 10.5 Å². The lowest BCUT2D eigenvalue weighted by molar-refractivity contribution is -0.384. The number of ether oxygens (including phenoxy) is 1. The van der Waals surface area contributed by atoms with Gasteiger partial charge in [-0.2, -0.15) is 0 Å². The van der Waals surface area contributed by atoms with Crippen LogP contribution in [0, 0.1) is 16.0 Å². The topological polar surface area (TPSA) is 84.7 Å². The van der Waals surface area contributed by atoms with Crippen molar-refractivity contribution >= 4 is 29.1 Å². The first-order valence-electron chi connectivity index (χ1n) is 8.31. The zero-order valence-electron chi connectivity index (χ0n) is 14.8. The predicted molar refractivity (Wildman–Crippen MR) is 97.1 cm³/mol. The molecule has 0 bridgehead atoms. The summed E-state index contributed by atoms with van der Waals surface area (Å²) in [4.78, 5) is 24.1. The monoisotopic (exact) mass is 369 g/mol. The van der Waals surface area contributed by atoms with Crippen molar-refractivity contribution in [3.05, 3.63) is 33.3 Å². The summed E-state index contributed by atoms with van der Waals surface area (Å²) in [6, 6.07) is 4.62. The fourth-order valence-corrected chi connectivity index (χ4v) is 2.92. The summed E-state index contributed by atoms with van der Waals surface area (Å²) in [7, 11) is 0. The number of hydrogen-bond acceptors (Lipinski definition) is 5. The SMILES string of the molecule is CC(C)(C)OC(=O)N1CCC(CNc2ccc([N+](=O)[O-])c(Cl)c2)CC1. The van der Waals surface area contributed by atoms with Crippen LogP contribution >= 0.6 is 11.6 Å². The summed E-state index contributed by atoms with van der Waals surface area (Å²) >= 11 is 5.91. The van der Waals surface area contributed by atoms with Gasteiger partial charge in [-0.05, 0) is 51.7 Å². The molecule has 1 N–H and O–H groups in total. The number of nitrogens with zero attached hydrogens (tertiary/aromatic N) is 2. The smallest absolute Gasteiger partial charge is 0.410 e. The minimum absolute atomic E-state index is 0.0992. The number of halogens is 1. The molecule has 0 spiro atoms. The van der Waals surface area contributed by atoms with Crippen LogP contribution < -0.4 is 5.32 Å². The van der Waals surface area contributed by atoms with Gasteiger partial charge in [0.25, 0.3) is 5.69 Å².